The molecule has 2 aromatic rings. The van der Waals surface area contributed by atoms with Crippen LogP contribution in [0.5, 0.6) is 0 Å². The summed E-state index contributed by atoms with van der Waals surface area (Å²) in [5.41, 5.74) is 0.437. The largest absolute Gasteiger partial charge is 0.478 e. The zero-order valence-corrected chi connectivity index (χ0v) is 9.72. The highest BCUT2D eigenvalue weighted by Crippen LogP contribution is 2.25. The van der Waals surface area contributed by atoms with Crippen LogP contribution in [0, 0.1) is 17.1 Å². The number of halogens is 1. The Morgan fingerprint density at radius 2 is 1.84 bits per heavy atom. The van der Waals surface area contributed by atoms with E-state index in [-0.39, 0.29) is 16.8 Å². The smallest absolute Gasteiger partial charge is 0.337 e. The molecular weight excluding hydrogens is 247 g/mol. The van der Waals surface area contributed by atoms with Crippen molar-refractivity contribution in [2.75, 3.05) is 5.32 Å². The number of hydrogen-bond acceptors (Lipinski definition) is 3. The van der Waals surface area contributed by atoms with Gasteiger partial charge in [0.25, 0.3) is 0 Å². The molecule has 0 saturated carbocycles. The van der Waals surface area contributed by atoms with Gasteiger partial charge in [-0.1, -0.05) is 18.2 Å². The summed E-state index contributed by atoms with van der Waals surface area (Å²) in [6, 6.07) is 12.1. The van der Waals surface area contributed by atoms with Crippen LogP contribution < -0.4 is 5.32 Å². The fourth-order valence-electron chi connectivity index (χ4n) is 1.67. The third-order valence-electron chi connectivity index (χ3n) is 2.55. The molecule has 0 unspecified atom stereocenters. The van der Waals surface area contributed by atoms with Gasteiger partial charge in [0.2, 0.25) is 0 Å². The SMILES string of the molecule is N#Cc1c(F)cccc1Nc1ccccc1C(=O)O. The Hall–Kier alpha value is -2.87. The van der Waals surface area contributed by atoms with Crippen LogP contribution in [0.2, 0.25) is 0 Å². The van der Waals surface area contributed by atoms with Crippen molar-refractivity contribution in [1.82, 2.24) is 0 Å². The maximum absolute atomic E-state index is 13.4. The number of carboxylic acid groups (broad SMARTS) is 1. The first kappa shape index (κ1) is 12.6. The van der Waals surface area contributed by atoms with Crippen LogP contribution in [0.25, 0.3) is 0 Å². The van der Waals surface area contributed by atoms with Crippen LogP contribution in [-0.4, -0.2) is 11.1 Å². The molecule has 0 aromatic heterocycles. The monoisotopic (exact) mass is 256 g/mol. The molecule has 0 bridgehead atoms. The van der Waals surface area contributed by atoms with E-state index in [0.717, 1.165) is 0 Å². The van der Waals surface area contributed by atoms with Gasteiger partial charge in [-0.15, -0.1) is 0 Å². The first-order valence-electron chi connectivity index (χ1n) is 5.41. The van der Waals surface area contributed by atoms with Crippen LogP contribution in [0.15, 0.2) is 42.5 Å². The molecule has 0 fully saturated rings. The second-order valence-electron chi connectivity index (χ2n) is 3.75. The molecule has 4 nitrogen and oxygen atoms in total. The molecule has 2 aromatic carbocycles. The highest BCUT2D eigenvalue weighted by Gasteiger charge is 2.12. The van der Waals surface area contributed by atoms with Crippen LogP contribution >= 0.6 is 0 Å². The van der Waals surface area contributed by atoms with E-state index in [9.17, 15) is 9.18 Å². The van der Waals surface area contributed by atoms with Crippen LogP contribution in [0.1, 0.15) is 15.9 Å². The maximum atomic E-state index is 13.4. The molecule has 0 atom stereocenters. The summed E-state index contributed by atoms with van der Waals surface area (Å²) in [6.07, 6.45) is 0. The van der Waals surface area contributed by atoms with Gasteiger partial charge in [-0.05, 0) is 24.3 Å². The average Bonchev–Trinajstić information content (AvgIpc) is 2.39. The van der Waals surface area contributed by atoms with E-state index in [1.54, 1.807) is 24.3 Å². The van der Waals surface area contributed by atoms with Gasteiger partial charge in [-0.25, -0.2) is 9.18 Å². The molecule has 5 heteroatoms. The summed E-state index contributed by atoms with van der Waals surface area (Å²) in [5, 5.41) is 20.7. The highest BCUT2D eigenvalue weighted by molar-refractivity contribution is 5.95. The van der Waals surface area contributed by atoms with Crippen molar-refractivity contribution in [2.45, 2.75) is 0 Å². The number of rotatable bonds is 3. The van der Waals surface area contributed by atoms with Crippen LogP contribution in [0.3, 0.4) is 0 Å². The Bertz CT molecular complexity index is 677. The predicted molar refractivity (Wildman–Crippen MR) is 67.8 cm³/mol. The Morgan fingerprint density at radius 1 is 1.16 bits per heavy atom. The van der Waals surface area contributed by atoms with Crippen molar-refractivity contribution in [3.63, 3.8) is 0 Å². The van der Waals surface area contributed by atoms with Crippen molar-refractivity contribution >= 4 is 17.3 Å². The Kier molecular flexibility index (Phi) is 3.44. The maximum Gasteiger partial charge on any atom is 0.337 e. The quantitative estimate of drug-likeness (QED) is 0.884. The van der Waals surface area contributed by atoms with Crippen molar-refractivity contribution < 1.29 is 14.3 Å². The zero-order valence-electron chi connectivity index (χ0n) is 9.72. The number of benzene rings is 2. The van der Waals surface area contributed by atoms with Crippen LogP contribution in [0.4, 0.5) is 15.8 Å². The first-order valence-corrected chi connectivity index (χ1v) is 5.41. The Balaban J connectivity index is 2.46. The van der Waals surface area contributed by atoms with Crippen molar-refractivity contribution in [2.24, 2.45) is 0 Å². The lowest BCUT2D eigenvalue weighted by Gasteiger charge is -2.10. The predicted octanol–water partition coefficient (Wildman–Crippen LogP) is 3.14. The summed E-state index contributed by atoms with van der Waals surface area (Å²) in [6.45, 7) is 0. The molecule has 0 saturated heterocycles. The van der Waals surface area contributed by atoms with Gasteiger partial charge in [0.1, 0.15) is 17.4 Å². The third-order valence-corrected chi connectivity index (χ3v) is 2.55. The summed E-state index contributed by atoms with van der Waals surface area (Å²) in [7, 11) is 0. The number of aromatic carboxylic acids is 1. The molecule has 0 heterocycles. The number of hydrogen-bond donors (Lipinski definition) is 2. The number of carbonyl (C=O) groups is 1. The number of para-hydroxylation sites is 1. The van der Waals surface area contributed by atoms with E-state index < -0.39 is 11.8 Å². The van der Waals surface area contributed by atoms with E-state index in [0.29, 0.717) is 5.69 Å². The lowest BCUT2D eigenvalue weighted by Crippen LogP contribution is -2.03. The minimum atomic E-state index is -1.10. The molecule has 19 heavy (non-hydrogen) atoms. The van der Waals surface area contributed by atoms with E-state index in [2.05, 4.69) is 5.32 Å². The van der Waals surface area contributed by atoms with Gasteiger partial charge < -0.3 is 10.4 Å². The average molecular weight is 256 g/mol. The Morgan fingerprint density at radius 3 is 2.53 bits per heavy atom. The lowest BCUT2D eigenvalue weighted by molar-refractivity contribution is 0.0698. The normalized spacial score (nSPS) is 9.68. The standard InChI is InChI=1S/C14H9FN2O2/c15-11-5-3-7-13(10(11)8-16)17-12-6-2-1-4-9(12)14(18)19/h1-7,17H,(H,18,19). The topological polar surface area (TPSA) is 73.1 Å². The van der Waals surface area contributed by atoms with Gasteiger partial charge in [0.15, 0.2) is 0 Å². The molecule has 0 aliphatic rings. The fraction of sp³-hybridized carbons (Fsp3) is 0. The third kappa shape index (κ3) is 2.53. The molecule has 0 aliphatic carbocycles. The summed E-state index contributed by atoms with van der Waals surface area (Å²) in [4.78, 5) is 11.1. The molecular formula is C14H9FN2O2. The van der Waals surface area contributed by atoms with Gasteiger partial charge in [0.05, 0.1) is 16.9 Å². The lowest BCUT2D eigenvalue weighted by atomic mass is 10.1. The second-order valence-corrected chi connectivity index (χ2v) is 3.75. The number of nitrogens with zero attached hydrogens (tertiary/aromatic N) is 1. The number of nitrogens with one attached hydrogen (secondary N) is 1. The number of nitriles is 1. The van der Waals surface area contributed by atoms with Gasteiger partial charge in [-0.2, -0.15) is 5.26 Å². The molecule has 0 amide bonds. The van der Waals surface area contributed by atoms with E-state index in [4.69, 9.17) is 10.4 Å². The van der Waals surface area contributed by atoms with Crippen LogP contribution in [-0.2, 0) is 0 Å². The molecule has 0 spiro atoms. The van der Waals surface area contributed by atoms with E-state index in [1.165, 1.54) is 24.3 Å². The summed E-state index contributed by atoms with van der Waals surface area (Å²) >= 11 is 0. The number of carboxylic acids is 1. The molecule has 94 valence electrons. The van der Waals surface area contributed by atoms with Crippen molar-refractivity contribution in [1.29, 1.82) is 5.26 Å². The summed E-state index contributed by atoms with van der Waals surface area (Å²) < 4.78 is 13.4. The first-order chi connectivity index (χ1) is 9.13. The van der Waals surface area contributed by atoms with Crippen molar-refractivity contribution in [3.8, 4) is 6.07 Å². The van der Waals surface area contributed by atoms with Gasteiger partial charge in [-0.3, -0.25) is 0 Å². The molecule has 0 radical (unpaired) electrons. The van der Waals surface area contributed by atoms with E-state index in [1.807, 2.05) is 0 Å². The zero-order chi connectivity index (χ0) is 13.8. The van der Waals surface area contributed by atoms with Gasteiger partial charge in [0, 0.05) is 0 Å². The highest BCUT2D eigenvalue weighted by atomic mass is 19.1. The minimum absolute atomic E-state index is 0.0515. The minimum Gasteiger partial charge on any atom is -0.478 e. The van der Waals surface area contributed by atoms with E-state index >= 15 is 0 Å². The Labute approximate surface area is 108 Å². The summed E-state index contributed by atoms with van der Waals surface area (Å²) in [5.74, 6) is -1.75. The second kappa shape index (κ2) is 5.19. The molecule has 2 N–H and O–H groups in total. The molecule has 0 aliphatic heterocycles. The van der Waals surface area contributed by atoms with Gasteiger partial charge >= 0.3 is 5.97 Å². The molecule has 2 rings (SSSR count). The van der Waals surface area contributed by atoms with Crippen molar-refractivity contribution in [3.05, 3.63) is 59.4 Å². The fourth-order valence-corrected chi connectivity index (χ4v) is 1.67. The number of anilines is 2.